The van der Waals surface area contributed by atoms with E-state index in [2.05, 4.69) is 19.2 Å². The number of para-hydroxylation sites is 1. The van der Waals surface area contributed by atoms with Gasteiger partial charge in [-0.2, -0.15) is 0 Å². The number of hydrogen-bond donors (Lipinski definition) is 1. The van der Waals surface area contributed by atoms with Gasteiger partial charge in [0.1, 0.15) is 0 Å². The highest BCUT2D eigenvalue weighted by molar-refractivity contribution is 5.40. The Hall–Kier alpha value is -1.42. The maximum absolute atomic E-state index is 11.0. The first-order valence-electron chi connectivity index (χ1n) is 7.05. The van der Waals surface area contributed by atoms with Crippen LogP contribution in [0.25, 0.3) is 0 Å². The molecular formula is C15H22N2O2. The third-order valence-corrected chi connectivity index (χ3v) is 4.40. The van der Waals surface area contributed by atoms with Crippen LogP contribution in [-0.2, 0) is 6.42 Å². The second-order valence-corrected chi connectivity index (χ2v) is 5.53. The maximum Gasteiger partial charge on any atom is 0.272 e. The molecule has 1 aromatic carbocycles. The van der Waals surface area contributed by atoms with E-state index in [1.807, 2.05) is 12.1 Å². The van der Waals surface area contributed by atoms with E-state index in [1.54, 1.807) is 12.1 Å². The normalized spacial score (nSPS) is 18.0. The number of aryl methyl sites for hydroxylation is 1. The molecular weight excluding hydrogens is 240 g/mol. The van der Waals surface area contributed by atoms with Gasteiger partial charge in [-0.15, -0.1) is 0 Å². The highest BCUT2D eigenvalue weighted by Crippen LogP contribution is 2.52. The van der Waals surface area contributed by atoms with Crippen molar-refractivity contribution in [3.05, 3.63) is 39.9 Å². The predicted octanol–water partition coefficient (Wildman–Crippen LogP) is 3.31. The molecule has 0 spiro atoms. The smallest absolute Gasteiger partial charge is 0.272 e. The largest absolute Gasteiger partial charge is 0.314 e. The fraction of sp³-hybridized carbons (Fsp3) is 0.600. The van der Waals surface area contributed by atoms with E-state index >= 15 is 0 Å². The Balaban J connectivity index is 2.01. The Kier molecular flexibility index (Phi) is 4.20. The van der Waals surface area contributed by atoms with Crippen LogP contribution in [0, 0.1) is 15.5 Å². The molecule has 1 aliphatic carbocycles. The van der Waals surface area contributed by atoms with Crippen molar-refractivity contribution in [2.45, 2.75) is 45.6 Å². The zero-order valence-corrected chi connectivity index (χ0v) is 11.7. The van der Waals surface area contributed by atoms with Crippen molar-refractivity contribution < 1.29 is 4.92 Å². The van der Waals surface area contributed by atoms with Crippen LogP contribution in [0.3, 0.4) is 0 Å². The first-order valence-corrected chi connectivity index (χ1v) is 7.05. The first-order chi connectivity index (χ1) is 9.09. The van der Waals surface area contributed by atoms with Crippen LogP contribution in [0.5, 0.6) is 0 Å². The second kappa shape index (κ2) is 5.70. The van der Waals surface area contributed by atoms with Crippen LogP contribution >= 0.6 is 0 Å². The molecule has 4 nitrogen and oxygen atoms in total. The van der Waals surface area contributed by atoms with Crippen molar-refractivity contribution in [2.75, 3.05) is 6.54 Å². The minimum atomic E-state index is -0.275. The summed E-state index contributed by atoms with van der Waals surface area (Å²) in [7, 11) is 0. The second-order valence-electron chi connectivity index (χ2n) is 5.53. The van der Waals surface area contributed by atoms with E-state index in [1.165, 1.54) is 12.8 Å². The first kappa shape index (κ1) is 14.0. The Labute approximate surface area is 114 Å². The summed E-state index contributed by atoms with van der Waals surface area (Å²) in [5.74, 6) is 0. The number of nitro groups is 1. The van der Waals surface area contributed by atoms with Crippen LogP contribution in [0.1, 0.15) is 38.7 Å². The number of nitrogens with one attached hydrogen (secondary N) is 1. The molecule has 0 radical (unpaired) electrons. The Bertz CT molecular complexity index is 455. The van der Waals surface area contributed by atoms with Gasteiger partial charge in [0.05, 0.1) is 4.92 Å². The summed E-state index contributed by atoms with van der Waals surface area (Å²) < 4.78 is 0. The SMILES string of the molecule is CCNC(C)C1(CCc2ccccc2[N+](=O)[O-])CC1. The molecule has 1 aromatic rings. The zero-order chi connectivity index (χ0) is 13.9. The third-order valence-electron chi connectivity index (χ3n) is 4.40. The van der Waals surface area contributed by atoms with Crippen LogP contribution < -0.4 is 5.32 Å². The predicted molar refractivity (Wildman–Crippen MR) is 76.2 cm³/mol. The molecule has 0 bridgehead atoms. The molecule has 1 unspecified atom stereocenters. The number of hydrogen-bond acceptors (Lipinski definition) is 3. The van der Waals surface area contributed by atoms with E-state index in [0.29, 0.717) is 11.5 Å². The van der Waals surface area contributed by atoms with Gasteiger partial charge < -0.3 is 5.32 Å². The van der Waals surface area contributed by atoms with Gasteiger partial charge in [0.15, 0.2) is 0 Å². The monoisotopic (exact) mass is 262 g/mol. The summed E-state index contributed by atoms with van der Waals surface area (Å²) in [6.45, 7) is 5.33. The lowest BCUT2D eigenvalue weighted by Crippen LogP contribution is -2.35. The lowest BCUT2D eigenvalue weighted by atomic mass is 9.90. The molecule has 4 heteroatoms. The lowest BCUT2D eigenvalue weighted by Gasteiger charge is -2.24. The van der Waals surface area contributed by atoms with Crippen molar-refractivity contribution >= 4 is 5.69 Å². The molecule has 0 heterocycles. The Morgan fingerprint density at radius 2 is 2.11 bits per heavy atom. The number of benzene rings is 1. The Morgan fingerprint density at radius 3 is 2.68 bits per heavy atom. The van der Waals surface area contributed by atoms with E-state index in [9.17, 15) is 10.1 Å². The average Bonchev–Trinajstić information content (AvgIpc) is 3.18. The lowest BCUT2D eigenvalue weighted by molar-refractivity contribution is -0.385. The van der Waals surface area contributed by atoms with Crippen LogP contribution in [-0.4, -0.2) is 17.5 Å². The standard InChI is InChI=1S/C15H22N2O2/c1-3-16-12(2)15(10-11-15)9-8-13-6-4-5-7-14(13)17(18)19/h4-7,12,16H,3,8-11H2,1-2H3. The van der Waals surface area contributed by atoms with Gasteiger partial charge in [0.2, 0.25) is 0 Å². The van der Waals surface area contributed by atoms with Gasteiger partial charge in [-0.25, -0.2) is 0 Å². The summed E-state index contributed by atoms with van der Waals surface area (Å²) in [6.07, 6.45) is 4.31. The molecule has 0 amide bonds. The average molecular weight is 262 g/mol. The van der Waals surface area contributed by atoms with E-state index in [-0.39, 0.29) is 10.6 Å². The number of rotatable bonds is 7. The van der Waals surface area contributed by atoms with Crippen LogP contribution in [0.2, 0.25) is 0 Å². The topological polar surface area (TPSA) is 55.2 Å². The van der Waals surface area contributed by atoms with Crippen molar-refractivity contribution in [1.82, 2.24) is 5.32 Å². The number of nitro benzene ring substituents is 1. The summed E-state index contributed by atoms with van der Waals surface area (Å²) >= 11 is 0. The van der Waals surface area contributed by atoms with Gasteiger partial charge in [-0.1, -0.05) is 25.1 Å². The molecule has 2 rings (SSSR count). The summed E-state index contributed by atoms with van der Waals surface area (Å²) in [5.41, 5.74) is 1.48. The fourth-order valence-corrected chi connectivity index (χ4v) is 2.87. The van der Waals surface area contributed by atoms with Crippen molar-refractivity contribution in [2.24, 2.45) is 5.41 Å². The molecule has 1 saturated carbocycles. The molecule has 1 aliphatic rings. The van der Waals surface area contributed by atoms with Gasteiger partial charge in [0.25, 0.3) is 5.69 Å². The molecule has 19 heavy (non-hydrogen) atoms. The highest BCUT2D eigenvalue weighted by atomic mass is 16.6. The fourth-order valence-electron chi connectivity index (χ4n) is 2.87. The van der Waals surface area contributed by atoms with Gasteiger partial charge in [-0.3, -0.25) is 10.1 Å². The van der Waals surface area contributed by atoms with Crippen molar-refractivity contribution in [3.63, 3.8) is 0 Å². The van der Waals surface area contributed by atoms with Crippen LogP contribution in [0.15, 0.2) is 24.3 Å². The molecule has 0 saturated heterocycles. The van der Waals surface area contributed by atoms with Crippen LogP contribution in [0.4, 0.5) is 5.69 Å². The molecule has 1 N–H and O–H groups in total. The molecule has 0 aliphatic heterocycles. The van der Waals surface area contributed by atoms with Gasteiger partial charge >= 0.3 is 0 Å². The number of nitrogens with zero attached hydrogens (tertiary/aromatic N) is 1. The summed E-state index contributed by atoms with van der Waals surface area (Å²) in [5, 5.41) is 14.5. The quantitative estimate of drug-likeness (QED) is 0.606. The van der Waals surface area contributed by atoms with Gasteiger partial charge in [-0.05, 0) is 44.6 Å². The van der Waals surface area contributed by atoms with Crippen molar-refractivity contribution in [1.29, 1.82) is 0 Å². The molecule has 1 fully saturated rings. The minimum Gasteiger partial charge on any atom is -0.314 e. The van der Waals surface area contributed by atoms with E-state index < -0.39 is 0 Å². The van der Waals surface area contributed by atoms with Gasteiger partial charge in [0, 0.05) is 17.7 Å². The zero-order valence-electron chi connectivity index (χ0n) is 11.7. The summed E-state index contributed by atoms with van der Waals surface area (Å²) in [4.78, 5) is 10.7. The third kappa shape index (κ3) is 3.13. The minimum absolute atomic E-state index is 0.259. The molecule has 1 atom stereocenters. The van der Waals surface area contributed by atoms with E-state index in [0.717, 1.165) is 24.9 Å². The molecule has 104 valence electrons. The Morgan fingerprint density at radius 1 is 1.42 bits per heavy atom. The van der Waals surface area contributed by atoms with E-state index in [4.69, 9.17) is 0 Å². The highest BCUT2D eigenvalue weighted by Gasteiger charge is 2.46. The summed E-state index contributed by atoms with van der Waals surface area (Å²) in [6, 6.07) is 7.60. The maximum atomic E-state index is 11.0. The van der Waals surface area contributed by atoms with Crippen molar-refractivity contribution in [3.8, 4) is 0 Å². The molecule has 0 aromatic heterocycles.